The number of carbonyl (C=O) groups is 1. The van der Waals surface area contributed by atoms with E-state index in [2.05, 4.69) is 5.32 Å². The van der Waals surface area contributed by atoms with Gasteiger partial charge in [-0.2, -0.15) is 0 Å². The van der Waals surface area contributed by atoms with Crippen molar-refractivity contribution in [3.8, 4) is 5.75 Å². The first-order valence-corrected chi connectivity index (χ1v) is 9.64. The number of amides is 1. The second kappa shape index (κ2) is 7.64. The molecule has 0 spiro atoms. The number of aryl methyl sites for hydroxylation is 1. The Bertz CT molecular complexity index is 1170. The Morgan fingerprint density at radius 3 is 2.62 bits per heavy atom. The summed E-state index contributed by atoms with van der Waals surface area (Å²) in [5.41, 5.74) is 2.11. The number of hydrogen-bond acceptors (Lipinski definition) is 4. The lowest BCUT2D eigenvalue weighted by molar-refractivity contribution is -0.908. The maximum atomic E-state index is 12.9. The van der Waals surface area contributed by atoms with Crippen molar-refractivity contribution in [3.63, 3.8) is 0 Å². The predicted molar refractivity (Wildman–Crippen MR) is 112 cm³/mol. The highest BCUT2D eigenvalue weighted by molar-refractivity contribution is 6.08. The number of fused-ring (bicyclic) bond motifs is 3. The van der Waals surface area contributed by atoms with Gasteiger partial charge >= 0.3 is 0 Å². The van der Waals surface area contributed by atoms with Gasteiger partial charge in [0.05, 0.1) is 19.8 Å². The molecule has 2 heterocycles. The number of nitrogens with one attached hydrogen (secondary N) is 2. The highest BCUT2D eigenvalue weighted by Crippen LogP contribution is 2.36. The maximum absolute atomic E-state index is 12.9. The number of rotatable bonds is 6. The van der Waals surface area contributed by atoms with Gasteiger partial charge in [0.2, 0.25) is 0 Å². The largest absolute Gasteiger partial charge is 0.495 e. The Kier molecular flexibility index (Phi) is 5.03. The van der Waals surface area contributed by atoms with Crippen LogP contribution in [0.4, 0.5) is 5.69 Å². The summed E-state index contributed by atoms with van der Waals surface area (Å²) in [6.45, 7) is 4.43. The molecule has 6 heteroatoms. The number of likely N-dealkylation sites (N-methyl/N-ethyl adjacent to an activating group) is 1. The summed E-state index contributed by atoms with van der Waals surface area (Å²) in [6.07, 6.45) is 0. The smallest absolute Gasteiger partial charge is 0.282 e. The highest BCUT2D eigenvalue weighted by Gasteiger charge is 2.24. The van der Waals surface area contributed by atoms with Crippen LogP contribution >= 0.6 is 0 Å². The molecule has 1 unspecified atom stereocenters. The maximum Gasteiger partial charge on any atom is 0.282 e. The van der Waals surface area contributed by atoms with E-state index in [9.17, 15) is 4.79 Å². The summed E-state index contributed by atoms with van der Waals surface area (Å²) in [6, 6.07) is 15.2. The van der Waals surface area contributed by atoms with E-state index >= 15 is 0 Å². The standard InChI is InChI=1S/C23H24N2O4/c1-14-9-10-16(28-14)13-25(3)15(2)23(26)24-19-12-21-18(11-22(19)27-4)17-7-5-6-8-20(17)29-21/h5-12,15H,13H2,1-4H3,(H,24,26)/p+1/t15-/m1/s1. The van der Waals surface area contributed by atoms with Crippen molar-refractivity contribution in [2.24, 2.45) is 0 Å². The molecule has 4 aromatic rings. The number of ether oxygens (including phenoxy) is 1. The van der Waals surface area contributed by atoms with Crippen molar-refractivity contribution in [1.29, 1.82) is 0 Å². The fourth-order valence-electron chi connectivity index (χ4n) is 3.49. The molecule has 2 aromatic carbocycles. The van der Waals surface area contributed by atoms with Gasteiger partial charge in [-0.25, -0.2) is 0 Å². The van der Waals surface area contributed by atoms with E-state index in [4.69, 9.17) is 13.6 Å². The quantitative estimate of drug-likeness (QED) is 0.526. The average molecular weight is 393 g/mol. The molecule has 6 nitrogen and oxygen atoms in total. The van der Waals surface area contributed by atoms with E-state index < -0.39 is 0 Å². The minimum Gasteiger partial charge on any atom is -0.495 e. The van der Waals surface area contributed by atoms with Gasteiger partial charge in [0, 0.05) is 16.8 Å². The van der Waals surface area contributed by atoms with Crippen LogP contribution < -0.4 is 15.0 Å². The molecule has 29 heavy (non-hydrogen) atoms. The van der Waals surface area contributed by atoms with Gasteiger partial charge in [-0.15, -0.1) is 0 Å². The van der Waals surface area contributed by atoms with E-state index in [1.807, 2.05) is 69.4 Å². The van der Waals surface area contributed by atoms with E-state index in [1.54, 1.807) is 7.11 Å². The second-order valence-corrected chi connectivity index (χ2v) is 7.39. The van der Waals surface area contributed by atoms with Crippen LogP contribution in [-0.4, -0.2) is 26.1 Å². The van der Waals surface area contributed by atoms with Crippen molar-refractivity contribution >= 4 is 33.5 Å². The van der Waals surface area contributed by atoms with Gasteiger partial charge in [-0.1, -0.05) is 18.2 Å². The Morgan fingerprint density at radius 1 is 1.10 bits per heavy atom. The molecule has 1 amide bonds. The van der Waals surface area contributed by atoms with E-state index in [0.717, 1.165) is 32.8 Å². The number of benzene rings is 2. The van der Waals surface area contributed by atoms with Crippen molar-refractivity contribution in [3.05, 3.63) is 60.1 Å². The molecule has 0 fully saturated rings. The molecule has 150 valence electrons. The first-order valence-electron chi connectivity index (χ1n) is 9.64. The third-order valence-corrected chi connectivity index (χ3v) is 5.34. The van der Waals surface area contributed by atoms with Crippen LogP contribution in [0.1, 0.15) is 18.4 Å². The molecule has 4 rings (SSSR count). The normalized spacial score (nSPS) is 13.5. The zero-order valence-corrected chi connectivity index (χ0v) is 17.0. The van der Waals surface area contributed by atoms with Crippen LogP contribution in [0, 0.1) is 6.92 Å². The molecule has 0 bridgehead atoms. The van der Waals surface area contributed by atoms with E-state index in [0.29, 0.717) is 23.6 Å². The molecule has 2 atom stereocenters. The summed E-state index contributed by atoms with van der Waals surface area (Å²) >= 11 is 0. The van der Waals surface area contributed by atoms with Gasteiger partial charge in [-0.05, 0) is 38.1 Å². The minimum atomic E-state index is -0.281. The lowest BCUT2D eigenvalue weighted by Gasteiger charge is -2.20. The number of carbonyl (C=O) groups excluding carboxylic acids is 1. The molecule has 0 aliphatic heterocycles. The van der Waals surface area contributed by atoms with Gasteiger partial charge in [0.15, 0.2) is 11.8 Å². The molecule has 2 aromatic heterocycles. The molecular formula is C23H25N2O4+. The number of para-hydroxylation sites is 1. The van der Waals surface area contributed by atoms with Crippen molar-refractivity contribution in [2.75, 3.05) is 19.5 Å². The van der Waals surface area contributed by atoms with E-state index in [-0.39, 0.29) is 11.9 Å². The van der Waals surface area contributed by atoms with Crippen molar-refractivity contribution in [1.82, 2.24) is 0 Å². The molecule has 0 aliphatic carbocycles. The van der Waals surface area contributed by atoms with Crippen LogP contribution in [0.3, 0.4) is 0 Å². The fourth-order valence-corrected chi connectivity index (χ4v) is 3.49. The van der Waals surface area contributed by atoms with Gasteiger partial charge in [0.1, 0.15) is 29.2 Å². The van der Waals surface area contributed by atoms with Crippen LogP contribution in [0.15, 0.2) is 57.4 Å². The Hall–Kier alpha value is -3.25. The minimum absolute atomic E-state index is 0.0976. The lowest BCUT2D eigenvalue weighted by atomic mass is 10.1. The number of anilines is 1. The Morgan fingerprint density at radius 2 is 1.90 bits per heavy atom. The average Bonchev–Trinajstić information content (AvgIpc) is 3.28. The van der Waals surface area contributed by atoms with Gasteiger partial charge < -0.3 is 23.8 Å². The second-order valence-electron chi connectivity index (χ2n) is 7.39. The monoisotopic (exact) mass is 393 g/mol. The van der Waals surface area contributed by atoms with Crippen molar-refractivity contribution < 1.29 is 23.3 Å². The summed E-state index contributed by atoms with van der Waals surface area (Å²) < 4.78 is 17.1. The third-order valence-electron chi connectivity index (χ3n) is 5.34. The summed E-state index contributed by atoms with van der Waals surface area (Å²) in [7, 11) is 3.57. The van der Waals surface area contributed by atoms with Gasteiger partial charge in [-0.3, -0.25) is 4.79 Å². The first kappa shape index (κ1) is 19.1. The number of quaternary nitrogens is 1. The lowest BCUT2D eigenvalue weighted by Crippen LogP contribution is -3.12. The van der Waals surface area contributed by atoms with Crippen molar-refractivity contribution in [2.45, 2.75) is 26.4 Å². The highest BCUT2D eigenvalue weighted by atomic mass is 16.5. The molecule has 0 saturated heterocycles. The zero-order valence-electron chi connectivity index (χ0n) is 17.0. The summed E-state index contributed by atoms with van der Waals surface area (Å²) in [5, 5.41) is 4.97. The molecule has 2 N–H and O–H groups in total. The van der Waals surface area contributed by atoms with Crippen LogP contribution in [0.2, 0.25) is 0 Å². The zero-order chi connectivity index (χ0) is 20.5. The molecule has 0 aliphatic rings. The van der Waals surface area contributed by atoms with E-state index in [1.165, 1.54) is 0 Å². The number of methoxy groups -OCH3 is 1. The SMILES string of the molecule is COc1cc2c(cc1NC(=O)[C@@H](C)[NH+](C)Cc1ccc(C)o1)oc1ccccc12. The predicted octanol–water partition coefficient (Wildman–Crippen LogP) is 3.54. The molecule has 0 saturated carbocycles. The summed E-state index contributed by atoms with van der Waals surface area (Å²) in [5.74, 6) is 2.23. The van der Waals surface area contributed by atoms with Crippen LogP contribution in [0.5, 0.6) is 5.75 Å². The van der Waals surface area contributed by atoms with Gasteiger partial charge in [0.25, 0.3) is 5.91 Å². The topological polar surface area (TPSA) is 69.0 Å². The fraction of sp³-hybridized carbons (Fsp3) is 0.261. The summed E-state index contributed by atoms with van der Waals surface area (Å²) in [4.78, 5) is 13.9. The molecular weight excluding hydrogens is 368 g/mol. The third kappa shape index (κ3) is 3.71. The van der Waals surface area contributed by atoms with Crippen LogP contribution in [-0.2, 0) is 11.3 Å². The molecule has 0 radical (unpaired) electrons. The number of furan rings is 2. The Balaban J connectivity index is 1.57. The number of hydrogen-bond donors (Lipinski definition) is 2. The van der Waals surface area contributed by atoms with Crippen LogP contribution in [0.25, 0.3) is 21.9 Å². The first-order chi connectivity index (χ1) is 14.0. The Labute approximate surface area is 169 Å².